The number of carbonyl (C=O) groups excluding carboxylic acids is 2. The molecule has 0 saturated carbocycles. The highest BCUT2D eigenvalue weighted by Gasteiger charge is 2.36. The summed E-state index contributed by atoms with van der Waals surface area (Å²) in [6, 6.07) is 25.1. The first-order chi connectivity index (χ1) is 21.9. The van der Waals surface area contributed by atoms with Gasteiger partial charge in [-0.15, -0.1) is 0 Å². The highest BCUT2D eigenvalue weighted by molar-refractivity contribution is 7.92. The Bertz CT molecular complexity index is 1750. The van der Waals surface area contributed by atoms with Crippen LogP contribution in [0.25, 0.3) is 0 Å². The zero-order valence-corrected chi connectivity index (χ0v) is 29.0. The fraction of sp³-hybridized carbons (Fsp3) is 0.235. The first kappa shape index (κ1) is 35.6. The van der Waals surface area contributed by atoms with Crippen LogP contribution >= 0.6 is 46.4 Å². The predicted molar refractivity (Wildman–Crippen MR) is 186 cm³/mol. The molecule has 46 heavy (non-hydrogen) atoms. The quantitative estimate of drug-likeness (QED) is 0.152. The molecule has 0 bridgehead atoms. The van der Waals surface area contributed by atoms with Crippen LogP contribution in [0, 0.1) is 5.92 Å². The van der Waals surface area contributed by atoms with Gasteiger partial charge in [-0.1, -0.05) is 115 Å². The summed E-state index contributed by atoms with van der Waals surface area (Å²) in [4.78, 5) is 29.7. The molecule has 1 atom stereocenters. The van der Waals surface area contributed by atoms with Gasteiger partial charge < -0.3 is 10.2 Å². The van der Waals surface area contributed by atoms with Crippen molar-refractivity contribution < 1.29 is 18.0 Å². The molecule has 0 heterocycles. The molecule has 0 aliphatic carbocycles. The van der Waals surface area contributed by atoms with Gasteiger partial charge in [-0.2, -0.15) is 0 Å². The number of anilines is 1. The van der Waals surface area contributed by atoms with E-state index < -0.39 is 34.4 Å². The van der Waals surface area contributed by atoms with Crippen LogP contribution in [-0.4, -0.2) is 44.3 Å². The summed E-state index contributed by atoms with van der Waals surface area (Å²) in [5.41, 5.74) is 1.25. The number of carbonyl (C=O) groups is 2. The predicted octanol–water partition coefficient (Wildman–Crippen LogP) is 7.91. The van der Waals surface area contributed by atoms with E-state index in [9.17, 15) is 18.0 Å². The van der Waals surface area contributed by atoms with Crippen molar-refractivity contribution in [1.82, 2.24) is 10.2 Å². The monoisotopic (exact) mass is 719 g/mol. The highest BCUT2D eigenvalue weighted by atomic mass is 35.5. The second kappa shape index (κ2) is 16.0. The van der Waals surface area contributed by atoms with Crippen molar-refractivity contribution in [3.63, 3.8) is 0 Å². The lowest BCUT2D eigenvalue weighted by Gasteiger charge is -2.34. The maximum absolute atomic E-state index is 14.6. The average Bonchev–Trinajstić information content (AvgIpc) is 3.02. The van der Waals surface area contributed by atoms with Gasteiger partial charge in [-0.25, -0.2) is 8.42 Å². The van der Waals surface area contributed by atoms with Gasteiger partial charge in [0.2, 0.25) is 11.8 Å². The van der Waals surface area contributed by atoms with E-state index in [1.54, 1.807) is 36.4 Å². The summed E-state index contributed by atoms with van der Waals surface area (Å²) in [6.07, 6.45) is 0.145. The minimum absolute atomic E-state index is 0.0241. The summed E-state index contributed by atoms with van der Waals surface area (Å²) < 4.78 is 29.1. The molecule has 0 aliphatic rings. The summed E-state index contributed by atoms with van der Waals surface area (Å²) in [5.74, 6) is -0.944. The second-order valence-corrected chi connectivity index (χ2v) is 14.5. The lowest BCUT2D eigenvalue weighted by Crippen LogP contribution is -2.53. The number of benzene rings is 4. The molecule has 7 nitrogen and oxygen atoms in total. The van der Waals surface area contributed by atoms with Crippen LogP contribution in [0.2, 0.25) is 20.1 Å². The van der Waals surface area contributed by atoms with Crippen molar-refractivity contribution in [3.05, 3.63) is 128 Å². The molecule has 4 rings (SSSR count). The van der Waals surface area contributed by atoms with E-state index >= 15 is 0 Å². The maximum Gasteiger partial charge on any atom is 0.264 e. The normalized spacial score (nSPS) is 12.1. The standard InChI is InChI=1S/C34H33Cl4N3O4S/c1-23(2)20-39-34(43)32(18-24-10-5-3-6-11-24)40(21-27-28(36)14-9-15-29(27)37)33(42)22-41(31-17-16-25(35)19-30(31)38)46(44,45)26-12-7-4-8-13-26/h3-17,19,23,32H,18,20-22H2,1-2H3,(H,39,43). The fourth-order valence-corrected chi connectivity index (χ4v) is 7.28. The van der Waals surface area contributed by atoms with Gasteiger partial charge in [0, 0.05) is 40.1 Å². The van der Waals surface area contributed by atoms with Gasteiger partial charge in [0.25, 0.3) is 10.0 Å². The molecule has 12 heteroatoms. The van der Waals surface area contributed by atoms with E-state index in [1.807, 2.05) is 44.2 Å². The third kappa shape index (κ3) is 8.96. The van der Waals surface area contributed by atoms with Crippen molar-refractivity contribution in [1.29, 1.82) is 0 Å². The lowest BCUT2D eigenvalue weighted by atomic mass is 10.0. The Kier molecular flexibility index (Phi) is 12.4. The Morgan fingerprint density at radius 1 is 0.783 bits per heavy atom. The van der Waals surface area contributed by atoms with Crippen LogP contribution in [0.1, 0.15) is 25.0 Å². The Hall–Kier alpha value is -3.27. The van der Waals surface area contributed by atoms with E-state index in [1.165, 1.54) is 35.2 Å². The number of halogens is 4. The molecule has 0 radical (unpaired) electrons. The molecule has 0 fully saturated rings. The van der Waals surface area contributed by atoms with E-state index in [2.05, 4.69) is 5.32 Å². The van der Waals surface area contributed by atoms with Crippen LogP contribution in [0.15, 0.2) is 102 Å². The molecule has 0 aliphatic heterocycles. The van der Waals surface area contributed by atoms with Gasteiger partial charge in [0.05, 0.1) is 15.6 Å². The highest BCUT2D eigenvalue weighted by Crippen LogP contribution is 2.34. The van der Waals surface area contributed by atoms with E-state index in [4.69, 9.17) is 46.4 Å². The summed E-state index contributed by atoms with van der Waals surface area (Å²) >= 11 is 25.8. The third-order valence-corrected chi connectivity index (χ3v) is 10.2. The average molecular weight is 722 g/mol. The zero-order valence-electron chi connectivity index (χ0n) is 25.2. The van der Waals surface area contributed by atoms with Crippen LogP contribution in [0.5, 0.6) is 0 Å². The topological polar surface area (TPSA) is 86.8 Å². The van der Waals surface area contributed by atoms with Crippen molar-refractivity contribution in [2.75, 3.05) is 17.4 Å². The number of nitrogens with zero attached hydrogens (tertiary/aromatic N) is 2. The smallest absolute Gasteiger partial charge is 0.264 e. The minimum Gasteiger partial charge on any atom is -0.354 e. The Morgan fingerprint density at radius 3 is 1.98 bits per heavy atom. The van der Waals surface area contributed by atoms with Crippen LogP contribution in [-0.2, 0) is 32.6 Å². The Morgan fingerprint density at radius 2 is 1.39 bits per heavy atom. The van der Waals surface area contributed by atoms with Crippen molar-refractivity contribution in [2.24, 2.45) is 5.92 Å². The summed E-state index contributed by atoms with van der Waals surface area (Å²) in [5, 5.41) is 3.84. The molecule has 0 spiro atoms. The van der Waals surface area contributed by atoms with Gasteiger partial charge >= 0.3 is 0 Å². The molecule has 4 aromatic carbocycles. The van der Waals surface area contributed by atoms with Crippen LogP contribution in [0.4, 0.5) is 5.69 Å². The summed E-state index contributed by atoms with van der Waals surface area (Å²) in [6.45, 7) is 3.43. The number of amides is 2. The van der Waals surface area contributed by atoms with Gasteiger partial charge in [0.1, 0.15) is 12.6 Å². The largest absolute Gasteiger partial charge is 0.354 e. The van der Waals surface area contributed by atoms with E-state index in [0.29, 0.717) is 22.2 Å². The first-order valence-electron chi connectivity index (χ1n) is 14.4. The SMILES string of the molecule is CC(C)CNC(=O)C(Cc1ccccc1)N(Cc1c(Cl)cccc1Cl)C(=O)CN(c1ccc(Cl)cc1Cl)S(=O)(=O)c1ccccc1. The third-order valence-electron chi connectivity index (χ3n) is 7.13. The fourth-order valence-electron chi connectivity index (χ4n) is 4.75. The first-order valence-corrected chi connectivity index (χ1v) is 17.4. The molecular weight excluding hydrogens is 688 g/mol. The molecule has 2 amide bonds. The lowest BCUT2D eigenvalue weighted by molar-refractivity contribution is -0.140. The molecule has 0 aromatic heterocycles. The Balaban J connectivity index is 1.85. The number of hydrogen-bond donors (Lipinski definition) is 1. The van der Waals surface area contributed by atoms with Crippen molar-refractivity contribution >= 4 is 73.9 Å². The van der Waals surface area contributed by atoms with Crippen molar-refractivity contribution in [2.45, 2.75) is 37.8 Å². The van der Waals surface area contributed by atoms with E-state index in [0.717, 1.165) is 9.87 Å². The number of sulfonamides is 1. The zero-order chi connectivity index (χ0) is 33.4. The minimum atomic E-state index is -4.33. The van der Waals surface area contributed by atoms with Crippen LogP contribution in [0.3, 0.4) is 0 Å². The van der Waals surface area contributed by atoms with Gasteiger partial charge in [-0.3, -0.25) is 13.9 Å². The number of rotatable bonds is 13. The second-order valence-electron chi connectivity index (χ2n) is 11.0. The van der Waals surface area contributed by atoms with E-state index in [-0.39, 0.29) is 39.5 Å². The molecule has 242 valence electrons. The maximum atomic E-state index is 14.6. The molecule has 4 aromatic rings. The van der Waals surface area contributed by atoms with Crippen molar-refractivity contribution in [3.8, 4) is 0 Å². The molecular formula is C34H33Cl4N3O4S. The molecule has 1 N–H and O–H groups in total. The molecule has 0 saturated heterocycles. The van der Waals surface area contributed by atoms with Gasteiger partial charge in [0.15, 0.2) is 0 Å². The van der Waals surface area contributed by atoms with Gasteiger partial charge in [-0.05, 0) is 53.9 Å². The summed E-state index contributed by atoms with van der Waals surface area (Å²) in [7, 11) is -4.33. The van der Waals surface area contributed by atoms with Crippen LogP contribution < -0.4 is 9.62 Å². The number of nitrogens with one attached hydrogen (secondary N) is 1. The Labute approximate surface area is 290 Å². The number of hydrogen-bond acceptors (Lipinski definition) is 4. The molecule has 1 unspecified atom stereocenters.